The summed E-state index contributed by atoms with van der Waals surface area (Å²) in [6.07, 6.45) is 4.47. The van der Waals surface area contributed by atoms with Crippen molar-refractivity contribution in [1.29, 1.82) is 0 Å². The predicted octanol–water partition coefficient (Wildman–Crippen LogP) is 2.29. The lowest BCUT2D eigenvalue weighted by atomic mass is 10.0. The number of hydrogen-bond donors (Lipinski definition) is 1. The molecule has 0 aromatic rings. The lowest BCUT2D eigenvalue weighted by Gasteiger charge is -2.16. The van der Waals surface area contributed by atoms with Gasteiger partial charge < -0.3 is 9.84 Å². The molecule has 3 nitrogen and oxygen atoms in total. The van der Waals surface area contributed by atoms with Gasteiger partial charge in [0.2, 0.25) is 0 Å². The van der Waals surface area contributed by atoms with E-state index in [1.807, 2.05) is 0 Å². The molecular weight excluding hydrogens is 192 g/mol. The van der Waals surface area contributed by atoms with Crippen LogP contribution in [0.3, 0.4) is 0 Å². The first-order valence-corrected chi connectivity index (χ1v) is 5.59. The molecule has 0 saturated carbocycles. The molecule has 15 heavy (non-hydrogen) atoms. The van der Waals surface area contributed by atoms with Crippen molar-refractivity contribution >= 4 is 5.97 Å². The molecule has 3 heteroatoms. The molecule has 0 aliphatic heterocycles. The van der Waals surface area contributed by atoms with E-state index in [4.69, 9.17) is 4.74 Å². The van der Waals surface area contributed by atoms with Crippen LogP contribution in [0.15, 0.2) is 12.7 Å². The number of allylic oxidation sites excluding steroid dienone is 1. The van der Waals surface area contributed by atoms with Crippen LogP contribution in [0.2, 0.25) is 0 Å². The number of esters is 1. The Labute approximate surface area is 92.1 Å². The van der Waals surface area contributed by atoms with Crippen molar-refractivity contribution in [1.82, 2.24) is 0 Å². The minimum atomic E-state index is -0.679. The molecule has 0 unspecified atom stereocenters. The Morgan fingerprint density at radius 1 is 1.53 bits per heavy atom. The summed E-state index contributed by atoms with van der Waals surface area (Å²) in [5.41, 5.74) is 0. The lowest BCUT2D eigenvalue weighted by molar-refractivity contribution is -0.152. The molecule has 0 bridgehead atoms. The number of unbranched alkanes of at least 4 members (excludes halogenated alkanes) is 2. The molecule has 0 aliphatic carbocycles. The summed E-state index contributed by atoms with van der Waals surface area (Å²) in [6, 6.07) is 0. The normalized spacial score (nSPS) is 14.3. The number of aliphatic hydroxyl groups excluding tert-OH is 1. The summed E-state index contributed by atoms with van der Waals surface area (Å²) >= 11 is 0. The van der Waals surface area contributed by atoms with Crippen LogP contribution in [0.5, 0.6) is 0 Å². The lowest BCUT2D eigenvalue weighted by Crippen LogP contribution is -2.27. The van der Waals surface area contributed by atoms with E-state index in [9.17, 15) is 9.90 Å². The number of rotatable bonds is 8. The van der Waals surface area contributed by atoms with Crippen LogP contribution >= 0.6 is 0 Å². The smallest absolute Gasteiger partial charge is 0.311 e. The van der Waals surface area contributed by atoms with Crippen LogP contribution < -0.4 is 0 Å². The van der Waals surface area contributed by atoms with Crippen molar-refractivity contribution in [2.45, 2.75) is 45.6 Å². The van der Waals surface area contributed by atoms with Crippen LogP contribution in [0.4, 0.5) is 0 Å². The number of carbonyl (C=O) groups is 1. The monoisotopic (exact) mass is 214 g/mol. The van der Waals surface area contributed by atoms with E-state index >= 15 is 0 Å². The maximum atomic E-state index is 11.5. The van der Waals surface area contributed by atoms with Crippen molar-refractivity contribution in [3.05, 3.63) is 12.7 Å². The zero-order valence-electron chi connectivity index (χ0n) is 9.74. The molecule has 1 N–H and O–H groups in total. The van der Waals surface area contributed by atoms with Gasteiger partial charge in [-0.2, -0.15) is 0 Å². The summed E-state index contributed by atoms with van der Waals surface area (Å²) in [7, 11) is 0. The van der Waals surface area contributed by atoms with Gasteiger partial charge in [0.15, 0.2) is 0 Å². The van der Waals surface area contributed by atoms with Crippen LogP contribution in [-0.2, 0) is 9.53 Å². The zero-order chi connectivity index (χ0) is 11.7. The first-order chi connectivity index (χ1) is 7.13. The van der Waals surface area contributed by atoms with Gasteiger partial charge in [0.25, 0.3) is 0 Å². The summed E-state index contributed by atoms with van der Waals surface area (Å²) in [5, 5.41) is 9.37. The number of ether oxygens (including phenoxy) is 1. The van der Waals surface area contributed by atoms with E-state index < -0.39 is 12.0 Å². The summed E-state index contributed by atoms with van der Waals surface area (Å²) in [6.45, 7) is 7.70. The molecule has 0 aliphatic rings. The van der Waals surface area contributed by atoms with Gasteiger partial charge in [0.1, 0.15) is 0 Å². The number of aliphatic hydroxyl groups is 1. The Morgan fingerprint density at radius 3 is 2.67 bits per heavy atom. The van der Waals surface area contributed by atoms with Gasteiger partial charge in [-0.25, -0.2) is 0 Å². The summed E-state index contributed by atoms with van der Waals surface area (Å²) < 4.78 is 5.07. The van der Waals surface area contributed by atoms with Gasteiger partial charge in [0, 0.05) is 0 Å². The molecule has 2 atom stereocenters. The van der Waals surface area contributed by atoms with E-state index in [0.717, 1.165) is 19.3 Å². The van der Waals surface area contributed by atoms with Crippen molar-refractivity contribution < 1.29 is 14.6 Å². The third kappa shape index (κ3) is 6.28. The second kappa shape index (κ2) is 8.48. The molecule has 0 radical (unpaired) electrons. The number of hydrogen-bond acceptors (Lipinski definition) is 3. The van der Waals surface area contributed by atoms with Crippen molar-refractivity contribution in [2.24, 2.45) is 5.92 Å². The average Bonchev–Trinajstić information content (AvgIpc) is 2.20. The standard InChI is InChI=1S/C12H22O3/c1-4-6-7-9-15-12(14)11(8-5-2)10(3)13/h5,10-11,13H,2,4,6-9H2,1,3H3/t10-,11+/m0/s1. The van der Waals surface area contributed by atoms with Crippen molar-refractivity contribution in [2.75, 3.05) is 6.61 Å². The van der Waals surface area contributed by atoms with Gasteiger partial charge in [-0.3, -0.25) is 4.79 Å². The molecule has 0 saturated heterocycles. The summed E-state index contributed by atoms with van der Waals surface area (Å²) in [5.74, 6) is -0.787. The maximum Gasteiger partial charge on any atom is 0.311 e. The van der Waals surface area contributed by atoms with Gasteiger partial charge in [-0.15, -0.1) is 6.58 Å². The minimum absolute atomic E-state index is 0.319. The summed E-state index contributed by atoms with van der Waals surface area (Å²) in [4.78, 5) is 11.5. The molecule has 0 rings (SSSR count). The first-order valence-electron chi connectivity index (χ1n) is 5.59. The Bertz CT molecular complexity index is 187. The van der Waals surface area contributed by atoms with Crippen LogP contribution in [-0.4, -0.2) is 23.8 Å². The molecule has 88 valence electrons. The highest BCUT2D eigenvalue weighted by Crippen LogP contribution is 2.12. The van der Waals surface area contributed by atoms with E-state index in [1.54, 1.807) is 13.0 Å². The quantitative estimate of drug-likeness (QED) is 0.383. The average molecular weight is 214 g/mol. The van der Waals surface area contributed by atoms with Crippen molar-refractivity contribution in [3.8, 4) is 0 Å². The second-order valence-corrected chi connectivity index (χ2v) is 3.75. The molecule has 0 amide bonds. The van der Waals surface area contributed by atoms with Gasteiger partial charge in [-0.05, 0) is 19.8 Å². The Kier molecular flexibility index (Phi) is 8.01. The largest absolute Gasteiger partial charge is 0.465 e. The fraction of sp³-hybridized carbons (Fsp3) is 0.750. The van der Waals surface area contributed by atoms with Crippen molar-refractivity contribution in [3.63, 3.8) is 0 Å². The molecular formula is C12H22O3. The minimum Gasteiger partial charge on any atom is -0.465 e. The fourth-order valence-electron chi connectivity index (χ4n) is 1.30. The molecule has 0 aromatic carbocycles. The Morgan fingerprint density at radius 2 is 2.20 bits per heavy atom. The molecule has 0 heterocycles. The van der Waals surface area contributed by atoms with E-state index in [0.29, 0.717) is 13.0 Å². The van der Waals surface area contributed by atoms with Gasteiger partial charge in [0.05, 0.1) is 18.6 Å². The Hall–Kier alpha value is -0.830. The Balaban J connectivity index is 3.87. The fourth-order valence-corrected chi connectivity index (χ4v) is 1.30. The first kappa shape index (κ1) is 14.2. The highest BCUT2D eigenvalue weighted by Gasteiger charge is 2.23. The number of carbonyl (C=O) groups excluding carboxylic acids is 1. The second-order valence-electron chi connectivity index (χ2n) is 3.75. The van der Waals surface area contributed by atoms with Crippen LogP contribution in [0.25, 0.3) is 0 Å². The van der Waals surface area contributed by atoms with E-state index in [2.05, 4.69) is 13.5 Å². The topological polar surface area (TPSA) is 46.5 Å². The molecule has 0 fully saturated rings. The van der Waals surface area contributed by atoms with E-state index in [-0.39, 0.29) is 5.97 Å². The third-order valence-corrected chi connectivity index (χ3v) is 2.30. The predicted molar refractivity (Wildman–Crippen MR) is 60.5 cm³/mol. The van der Waals surface area contributed by atoms with Crippen LogP contribution in [0.1, 0.15) is 39.5 Å². The molecule has 0 aromatic heterocycles. The van der Waals surface area contributed by atoms with Gasteiger partial charge >= 0.3 is 5.97 Å². The molecule has 0 spiro atoms. The third-order valence-electron chi connectivity index (χ3n) is 2.30. The van der Waals surface area contributed by atoms with Gasteiger partial charge in [-0.1, -0.05) is 25.8 Å². The highest BCUT2D eigenvalue weighted by molar-refractivity contribution is 5.73. The van der Waals surface area contributed by atoms with Crippen LogP contribution in [0, 0.1) is 5.92 Å². The highest BCUT2D eigenvalue weighted by atomic mass is 16.5. The maximum absolute atomic E-state index is 11.5. The van der Waals surface area contributed by atoms with E-state index in [1.165, 1.54) is 0 Å². The zero-order valence-corrected chi connectivity index (χ0v) is 9.74. The SMILES string of the molecule is C=CC[C@@H](C(=O)OCCCCC)[C@H](C)O.